The lowest BCUT2D eigenvalue weighted by atomic mass is 10.0. The molecule has 3 N–H and O–H groups in total. The lowest BCUT2D eigenvalue weighted by Crippen LogP contribution is -2.07. The highest BCUT2D eigenvalue weighted by molar-refractivity contribution is 5.57. The van der Waals surface area contributed by atoms with Crippen LogP contribution in [0.15, 0.2) is 18.2 Å². The molecule has 1 saturated carbocycles. The molecule has 96 valence electrons. The zero-order valence-corrected chi connectivity index (χ0v) is 10.8. The van der Waals surface area contributed by atoms with Gasteiger partial charge in [0.25, 0.3) is 0 Å². The Bertz CT molecular complexity index is 428. The number of hydrogen-bond acceptors (Lipinski definition) is 3. The van der Waals surface area contributed by atoms with Gasteiger partial charge in [0.2, 0.25) is 0 Å². The Hall–Kier alpha value is -1.69. The number of nitriles is 1. The molecule has 0 spiro atoms. The van der Waals surface area contributed by atoms with Crippen molar-refractivity contribution in [2.24, 2.45) is 5.92 Å². The Morgan fingerprint density at radius 1 is 1.33 bits per heavy atom. The Labute approximate surface area is 109 Å². The molecule has 2 rings (SSSR count). The second-order valence-electron chi connectivity index (χ2n) is 5.11. The van der Waals surface area contributed by atoms with Crippen molar-refractivity contribution >= 4 is 11.4 Å². The third-order valence-electron chi connectivity index (χ3n) is 3.77. The van der Waals surface area contributed by atoms with Crippen molar-refractivity contribution in [2.45, 2.75) is 38.5 Å². The molecule has 1 aromatic rings. The van der Waals surface area contributed by atoms with Gasteiger partial charge in [0.15, 0.2) is 0 Å². The van der Waals surface area contributed by atoms with E-state index >= 15 is 0 Å². The maximum Gasteiger partial charge on any atom is 0.0670 e. The van der Waals surface area contributed by atoms with Crippen LogP contribution in [-0.2, 0) is 6.42 Å². The second kappa shape index (κ2) is 6.30. The van der Waals surface area contributed by atoms with Crippen LogP contribution < -0.4 is 11.1 Å². The molecule has 0 aromatic heterocycles. The smallest absolute Gasteiger partial charge is 0.0670 e. The molecule has 3 heteroatoms. The van der Waals surface area contributed by atoms with Gasteiger partial charge >= 0.3 is 0 Å². The van der Waals surface area contributed by atoms with E-state index in [0.717, 1.165) is 23.7 Å². The minimum atomic E-state index is 0.379. The SMILES string of the molecule is N#CCc1cc(NCCC2CCCC2)ccc1N. The van der Waals surface area contributed by atoms with Gasteiger partial charge in [-0.2, -0.15) is 5.26 Å². The van der Waals surface area contributed by atoms with Gasteiger partial charge in [-0.25, -0.2) is 0 Å². The first-order chi connectivity index (χ1) is 8.79. The van der Waals surface area contributed by atoms with Gasteiger partial charge in [-0.15, -0.1) is 0 Å². The molecule has 0 radical (unpaired) electrons. The Balaban J connectivity index is 1.85. The summed E-state index contributed by atoms with van der Waals surface area (Å²) in [7, 11) is 0. The zero-order chi connectivity index (χ0) is 12.8. The fourth-order valence-electron chi connectivity index (χ4n) is 2.67. The van der Waals surface area contributed by atoms with Gasteiger partial charge in [0, 0.05) is 17.9 Å². The number of anilines is 2. The molecule has 3 nitrogen and oxygen atoms in total. The molecule has 1 aromatic carbocycles. The summed E-state index contributed by atoms with van der Waals surface area (Å²) in [5.74, 6) is 0.907. The Kier molecular flexibility index (Phi) is 4.46. The number of benzene rings is 1. The number of hydrogen-bond donors (Lipinski definition) is 2. The molecule has 1 aliphatic carbocycles. The first-order valence-electron chi connectivity index (χ1n) is 6.79. The third kappa shape index (κ3) is 3.40. The number of rotatable bonds is 5. The van der Waals surface area contributed by atoms with Gasteiger partial charge in [0.1, 0.15) is 0 Å². The van der Waals surface area contributed by atoms with E-state index < -0.39 is 0 Å². The predicted octanol–water partition coefficient (Wildman–Crippen LogP) is 3.33. The zero-order valence-electron chi connectivity index (χ0n) is 10.8. The topological polar surface area (TPSA) is 61.8 Å². The monoisotopic (exact) mass is 243 g/mol. The quantitative estimate of drug-likeness (QED) is 0.780. The number of nitrogen functional groups attached to an aromatic ring is 1. The number of nitrogens with one attached hydrogen (secondary N) is 1. The van der Waals surface area contributed by atoms with Crippen LogP contribution in [0.2, 0.25) is 0 Å². The van der Waals surface area contributed by atoms with Crippen molar-refractivity contribution in [3.8, 4) is 6.07 Å². The highest BCUT2D eigenvalue weighted by Gasteiger charge is 2.14. The van der Waals surface area contributed by atoms with Gasteiger partial charge < -0.3 is 11.1 Å². The summed E-state index contributed by atoms with van der Waals surface area (Å²) < 4.78 is 0. The fraction of sp³-hybridized carbons (Fsp3) is 0.533. The van der Waals surface area contributed by atoms with E-state index in [4.69, 9.17) is 11.0 Å². The summed E-state index contributed by atoms with van der Waals surface area (Å²) in [6.45, 7) is 1.01. The summed E-state index contributed by atoms with van der Waals surface area (Å²) in [4.78, 5) is 0. The van der Waals surface area contributed by atoms with E-state index in [9.17, 15) is 0 Å². The van der Waals surface area contributed by atoms with Gasteiger partial charge in [-0.05, 0) is 36.1 Å². The van der Waals surface area contributed by atoms with Crippen molar-refractivity contribution in [1.82, 2.24) is 0 Å². The molecular weight excluding hydrogens is 222 g/mol. The van der Waals surface area contributed by atoms with E-state index in [-0.39, 0.29) is 0 Å². The highest BCUT2D eigenvalue weighted by atomic mass is 14.9. The minimum Gasteiger partial charge on any atom is -0.398 e. The van der Waals surface area contributed by atoms with Crippen LogP contribution in [0.25, 0.3) is 0 Å². The van der Waals surface area contributed by atoms with Crippen LogP contribution in [0.4, 0.5) is 11.4 Å². The van der Waals surface area contributed by atoms with Crippen LogP contribution >= 0.6 is 0 Å². The van der Waals surface area contributed by atoms with Crippen LogP contribution in [0.3, 0.4) is 0 Å². The summed E-state index contributed by atoms with van der Waals surface area (Å²) in [5.41, 5.74) is 8.53. The molecule has 0 atom stereocenters. The first kappa shape index (κ1) is 12.8. The molecule has 0 saturated heterocycles. The maximum atomic E-state index is 8.73. The van der Waals surface area contributed by atoms with E-state index in [0.29, 0.717) is 12.1 Å². The molecule has 1 fully saturated rings. The van der Waals surface area contributed by atoms with E-state index in [2.05, 4.69) is 11.4 Å². The van der Waals surface area contributed by atoms with Crippen molar-refractivity contribution < 1.29 is 0 Å². The van der Waals surface area contributed by atoms with Gasteiger partial charge in [-0.1, -0.05) is 25.7 Å². The molecular formula is C15H21N3. The molecule has 0 aliphatic heterocycles. The summed E-state index contributed by atoms with van der Waals surface area (Å²) >= 11 is 0. The van der Waals surface area contributed by atoms with Crippen molar-refractivity contribution in [2.75, 3.05) is 17.6 Å². The maximum absolute atomic E-state index is 8.73. The summed E-state index contributed by atoms with van der Waals surface area (Å²) in [6, 6.07) is 8.01. The molecule has 0 bridgehead atoms. The molecule has 0 unspecified atom stereocenters. The number of nitrogens with two attached hydrogens (primary N) is 1. The van der Waals surface area contributed by atoms with Crippen LogP contribution in [0.5, 0.6) is 0 Å². The highest BCUT2D eigenvalue weighted by Crippen LogP contribution is 2.27. The van der Waals surface area contributed by atoms with Crippen molar-refractivity contribution in [3.05, 3.63) is 23.8 Å². The summed E-state index contributed by atoms with van der Waals surface area (Å²) in [6.07, 6.45) is 7.21. The van der Waals surface area contributed by atoms with E-state index in [1.165, 1.54) is 32.1 Å². The first-order valence-corrected chi connectivity index (χ1v) is 6.79. The lowest BCUT2D eigenvalue weighted by Gasteiger charge is -2.12. The normalized spacial score (nSPS) is 15.5. The molecule has 0 heterocycles. The standard InChI is InChI=1S/C15H21N3/c16-9-7-13-11-14(5-6-15(13)17)18-10-8-12-3-1-2-4-12/h5-6,11-12,18H,1-4,7-8,10,17H2. The van der Waals surface area contributed by atoms with Crippen LogP contribution in [-0.4, -0.2) is 6.54 Å². The average Bonchev–Trinajstić information content (AvgIpc) is 2.87. The third-order valence-corrected chi connectivity index (χ3v) is 3.77. The fourth-order valence-corrected chi connectivity index (χ4v) is 2.67. The van der Waals surface area contributed by atoms with Crippen LogP contribution in [0.1, 0.15) is 37.7 Å². The van der Waals surface area contributed by atoms with Crippen molar-refractivity contribution in [3.63, 3.8) is 0 Å². The second-order valence-corrected chi connectivity index (χ2v) is 5.11. The number of nitrogens with zero attached hydrogens (tertiary/aromatic N) is 1. The molecule has 18 heavy (non-hydrogen) atoms. The average molecular weight is 243 g/mol. The van der Waals surface area contributed by atoms with Gasteiger partial charge in [-0.3, -0.25) is 0 Å². The van der Waals surface area contributed by atoms with E-state index in [1.54, 1.807) is 0 Å². The Morgan fingerprint density at radius 3 is 2.83 bits per heavy atom. The van der Waals surface area contributed by atoms with Crippen molar-refractivity contribution in [1.29, 1.82) is 5.26 Å². The molecule has 0 amide bonds. The van der Waals surface area contributed by atoms with E-state index in [1.807, 2.05) is 18.2 Å². The van der Waals surface area contributed by atoms with Gasteiger partial charge in [0.05, 0.1) is 12.5 Å². The molecule has 1 aliphatic rings. The Morgan fingerprint density at radius 2 is 2.11 bits per heavy atom. The lowest BCUT2D eigenvalue weighted by molar-refractivity contribution is 0.518. The minimum absolute atomic E-state index is 0.379. The van der Waals surface area contributed by atoms with Crippen LogP contribution in [0, 0.1) is 17.2 Å². The predicted molar refractivity (Wildman–Crippen MR) is 75.2 cm³/mol. The largest absolute Gasteiger partial charge is 0.398 e. The summed E-state index contributed by atoms with van der Waals surface area (Å²) in [5, 5.41) is 12.2.